The van der Waals surface area contributed by atoms with Crippen molar-refractivity contribution < 1.29 is 38.2 Å². The molecule has 0 heterocycles. The minimum absolute atomic E-state index is 0.0501. The summed E-state index contributed by atoms with van der Waals surface area (Å²) in [6.07, 6.45) is 24.8. The predicted molar refractivity (Wildman–Crippen MR) is 210 cm³/mol. The molecule has 0 fully saturated rings. The number of ether oxygens (including phenoxy) is 2. The number of carbonyl (C=O) groups excluding carboxylic acids is 6. The Balaban J connectivity index is 3.71. The van der Waals surface area contributed by atoms with Crippen molar-refractivity contribution in [1.29, 1.82) is 0 Å². The van der Waals surface area contributed by atoms with Crippen molar-refractivity contribution in [3.8, 4) is 0 Å². The Morgan fingerprint density at radius 1 is 0.396 bits per heavy atom. The quantitative estimate of drug-likeness (QED) is 0.0526. The summed E-state index contributed by atoms with van der Waals surface area (Å²) in [6.45, 7) is 10.8. The number of carbonyl (C=O) groups is 6. The van der Waals surface area contributed by atoms with E-state index in [1.807, 2.05) is 0 Å². The van der Waals surface area contributed by atoms with Gasteiger partial charge in [-0.1, -0.05) is 122 Å². The summed E-state index contributed by atoms with van der Waals surface area (Å²) in [5.74, 6) is -1.34. The first-order valence-corrected chi connectivity index (χ1v) is 20.7. The Morgan fingerprint density at radius 2 is 0.623 bits per heavy atom. The average Bonchev–Trinajstić information content (AvgIpc) is 3.07. The molecule has 0 aromatic rings. The summed E-state index contributed by atoms with van der Waals surface area (Å²) in [5.41, 5.74) is 0. The maximum absolute atomic E-state index is 12.1. The maximum atomic E-state index is 12.1. The summed E-state index contributed by atoms with van der Waals surface area (Å²) in [6, 6.07) is 0. The fourth-order valence-corrected chi connectivity index (χ4v) is 6.48. The molecule has 2 N–H and O–H groups in total. The first-order valence-electron chi connectivity index (χ1n) is 20.7. The number of hydrogen-bond donors (Lipinski definition) is 2. The fourth-order valence-electron chi connectivity index (χ4n) is 6.48. The Hall–Kier alpha value is -3.18. The molecule has 12 heteroatoms. The number of unbranched alkanes of at least 4 members (excludes halogenated alkanes) is 20. The van der Waals surface area contributed by atoms with Crippen molar-refractivity contribution in [2.45, 2.75) is 189 Å². The molecule has 0 saturated carbocycles. The first-order chi connectivity index (χ1) is 25.3. The van der Waals surface area contributed by atoms with Crippen LogP contribution < -0.4 is 10.6 Å². The van der Waals surface area contributed by atoms with Gasteiger partial charge in [0, 0.05) is 54.6 Å². The van der Waals surface area contributed by atoms with Crippen molar-refractivity contribution in [2.24, 2.45) is 0 Å². The van der Waals surface area contributed by atoms with Crippen LogP contribution in [0.4, 0.5) is 0 Å². The van der Waals surface area contributed by atoms with Gasteiger partial charge in [0.1, 0.15) is 12.2 Å². The van der Waals surface area contributed by atoms with Gasteiger partial charge in [0.2, 0.25) is 23.6 Å². The molecule has 0 saturated heterocycles. The van der Waals surface area contributed by atoms with E-state index >= 15 is 0 Å². The van der Waals surface area contributed by atoms with Crippen molar-refractivity contribution in [2.75, 3.05) is 39.3 Å². The molecule has 4 amide bonds. The van der Waals surface area contributed by atoms with Gasteiger partial charge in [-0.05, 0) is 12.8 Å². The van der Waals surface area contributed by atoms with Crippen LogP contribution in [-0.2, 0) is 38.2 Å². The number of esters is 2. The van der Waals surface area contributed by atoms with Crippen LogP contribution in [0.5, 0.6) is 0 Å². The van der Waals surface area contributed by atoms with Crippen LogP contribution in [0.1, 0.15) is 176 Å². The van der Waals surface area contributed by atoms with E-state index in [1.54, 1.807) is 9.80 Å². The Labute approximate surface area is 321 Å². The molecule has 0 unspecified atom stereocenters. The molecule has 2 atom stereocenters. The van der Waals surface area contributed by atoms with Gasteiger partial charge in [0.15, 0.2) is 0 Å². The number of nitrogens with zero attached hydrogens (tertiary/aromatic N) is 2. The Kier molecular flexibility index (Phi) is 31.4. The van der Waals surface area contributed by atoms with Crippen molar-refractivity contribution >= 4 is 35.6 Å². The van der Waals surface area contributed by atoms with Crippen molar-refractivity contribution in [3.05, 3.63) is 0 Å². The van der Waals surface area contributed by atoms with E-state index in [-0.39, 0.29) is 36.7 Å². The molecule has 0 aliphatic heterocycles. The van der Waals surface area contributed by atoms with E-state index in [9.17, 15) is 28.8 Å². The zero-order chi connectivity index (χ0) is 39.7. The molecular formula is C41H76N4O8. The third-order valence-electron chi connectivity index (χ3n) is 9.42. The standard InChI is InChI=1S/C41H76N4O8/c1-34(46)42-30-40(52-38(5)50)32-44(36(3)48)28-26-24-22-20-18-16-14-12-10-8-7-9-11-13-15-17-19-21-23-25-27-29-45(37(4)49)33-41(53-39(6)51)31-43-35(2)47/h40-41H,7-33H2,1-6H3,(H,42,46)(H,43,47)/t40-,41+. The molecule has 0 bridgehead atoms. The van der Waals surface area contributed by atoms with E-state index in [0.717, 1.165) is 38.5 Å². The van der Waals surface area contributed by atoms with Gasteiger partial charge in [0.25, 0.3) is 0 Å². The predicted octanol–water partition coefficient (Wildman–Crippen LogP) is 7.01. The smallest absolute Gasteiger partial charge is 0.303 e. The largest absolute Gasteiger partial charge is 0.459 e. The highest BCUT2D eigenvalue weighted by Gasteiger charge is 2.20. The maximum Gasteiger partial charge on any atom is 0.303 e. The van der Waals surface area contributed by atoms with E-state index in [2.05, 4.69) is 10.6 Å². The molecule has 0 aliphatic carbocycles. The first kappa shape index (κ1) is 49.8. The van der Waals surface area contributed by atoms with Crippen LogP contribution in [0.25, 0.3) is 0 Å². The average molecular weight is 753 g/mol. The van der Waals surface area contributed by atoms with Crippen molar-refractivity contribution in [1.82, 2.24) is 20.4 Å². The normalized spacial score (nSPS) is 12.0. The zero-order valence-corrected chi connectivity index (χ0v) is 34.4. The van der Waals surface area contributed by atoms with Crippen molar-refractivity contribution in [3.63, 3.8) is 0 Å². The van der Waals surface area contributed by atoms with Crippen LogP contribution >= 0.6 is 0 Å². The van der Waals surface area contributed by atoms with Crippen LogP contribution in [0, 0.1) is 0 Å². The highest BCUT2D eigenvalue weighted by molar-refractivity contribution is 5.75. The number of rotatable bonds is 34. The lowest BCUT2D eigenvalue weighted by molar-refractivity contribution is -0.150. The van der Waals surface area contributed by atoms with Gasteiger partial charge in [-0.15, -0.1) is 0 Å². The highest BCUT2D eigenvalue weighted by Crippen LogP contribution is 2.16. The summed E-state index contributed by atoms with van der Waals surface area (Å²) in [7, 11) is 0. The fraction of sp³-hybridized carbons (Fsp3) is 0.854. The molecule has 0 aliphatic rings. The molecule has 0 spiro atoms. The summed E-state index contributed by atoms with van der Waals surface area (Å²) in [4.78, 5) is 73.0. The lowest BCUT2D eigenvalue weighted by Gasteiger charge is -2.26. The summed E-state index contributed by atoms with van der Waals surface area (Å²) < 4.78 is 10.6. The second-order valence-electron chi connectivity index (χ2n) is 14.7. The van der Waals surface area contributed by atoms with E-state index in [0.29, 0.717) is 26.2 Å². The van der Waals surface area contributed by atoms with Gasteiger partial charge in [-0.2, -0.15) is 0 Å². The topological polar surface area (TPSA) is 151 Å². The van der Waals surface area contributed by atoms with Crippen LogP contribution in [0.3, 0.4) is 0 Å². The molecule has 53 heavy (non-hydrogen) atoms. The number of amides is 4. The minimum Gasteiger partial charge on any atom is -0.459 e. The molecular weight excluding hydrogens is 676 g/mol. The van der Waals surface area contributed by atoms with Gasteiger partial charge >= 0.3 is 11.9 Å². The minimum atomic E-state index is -0.543. The number of hydrogen-bond acceptors (Lipinski definition) is 8. The molecule has 0 aromatic carbocycles. The third-order valence-corrected chi connectivity index (χ3v) is 9.42. The molecule has 0 rings (SSSR count). The summed E-state index contributed by atoms with van der Waals surface area (Å²) in [5, 5.41) is 5.34. The molecule has 308 valence electrons. The lowest BCUT2D eigenvalue weighted by Crippen LogP contribution is -2.44. The zero-order valence-electron chi connectivity index (χ0n) is 34.4. The third kappa shape index (κ3) is 33.1. The van der Waals surface area contributed by atoms with Crippen LogP contribution in [0.15, 0.2) is 0 Å². The van der Waals surface area contributed by atoms with Crippen LogP contribution in [-0.4, -0.2) is 96.8 Å². The van der Waals surface area contributed by atoms with Gasteiger partial charge in [-0.3, -0.25) is 28.8 Å². The second-order valence-corrected chi connectivity index (χ2v) is 14.7. The van der Waals surface area contributed by atoms with Gasteiger partial charge in [0.05, 0.1) is 26.2 Å². The molecule has 0 aromatic heterocycles. The molecule has 0 radical (unpaired) electrons. The molecule has 12 nitrogen and oxygen atoms in total. The van der Waals surface area contributed by atoms with Crippen LogP contribution in [0.2, 0.25) is 0 Å². The lowest BCUT2D eigenvalue weighted by atomic mass is 10.0. The second kappa shape index (κ2) is 33.4. The Bertz CT molecular complexity index is 946. The van der Waals surface area contributed by atoms with E-state index in [1.165, 1.54) is 138 Å². The van der Waals surface area contributed by atoms with Gasteiger partial charge in [-0.25, -0.2) is 0 Å². The van der Waals surface area contributed by atoms with E-state index < -0.39 is 24.1 Å². The highest BCUT2D eigenvalue weighted by atomic mass is 16.5. The SMILES string of the molecule is CC(=O)NC[C@H](CN(CCCCCCCCCCCCCCCCCCCCCCCN(C[C@H](CNC(C)=O)OC(C)=O)C(C)=O)C(C)=O)OC(C)=O. The summed E-state index contributed by atoms with van der Waals surface area (Å²) >= 11 is 0. The monoisotopic (exact) mass is 753 g/mol. The van der Waals surface area contributed by atoms with E-state index in [4.69, 9.17) is 9.47 Å². The number of nitrogens with one attached hydrogen (secondary N) is 2. The van der Waals surface area contributed by atoms with Gasteiger partial charge < -0.3 is 29.9 Å². The Morgan fingerprint density at radius 3 is 0.811 bits per heavy atom.